The molecule has 2 aromatic rings. The molecule has 0 bridgehead atoms. The normalized spacial score (nSPS) is 12.4. The summed E-state index contributed by atoms with van der Waals surface area (Å²) in [7, 11) is 1.82. The van der Waals surface area contributed by atoms with Crippen molar-refractivity contribution in [2.24, 2.45) is 0 Å². The Morgan fingerprint density at radius 2 is 1.90 bits per heavy atom. The van der Waals surface area contributed by atoms with Crippen molar-refractivity contribution in [3.05, 3.63) is 62.8 Å². The lowest BCUT2D eigenvalue weighted by molar-refractivity contribution is 0.573. The fourth-order valence-electron chi connectivity index (χ4n) is 2.15. The summed E-state index contributed by atoms with van der Waals surface area (Å²) in [4.78, 5) is 1.12. The summed E-state index contributed by atoms with van der Waals surface area (Å²) in [6.45, 7) is 0. The lowest BCUT2D eigenvalue weighted by Crippen LogP contribution is -2.19. The molecule has 1 atom stereocenters. The topological polar surface area (TPSA) is 12.0 Å². The Hall–Kier alpha value is -0.550. The minimum absolute atomic E-state index is 0.115. The number of nitrogens with one attached hydrogen (secondary N) is 1. The number of rotatable bonds is 4. The molecule has 2 rings (SSSR count). The summed E-state index contributed by atoms with van der Waals surface area (Å²) in [5, 5.41) is 3.28. The van der Waals surface area contributed by atoms with Gasteiger partial charge in [0.1, 0.15) is 5.82 Å². The van der Waals surface area contributed by atoms with Crippen molar-refractivity contribution in [1.29, 1.82) is 0 Å². The Morgan fingerprint density at radius 1 is 1.20 bits per heavy atom. The molecule has 106 valence electrons. The fraction of sp³-hybridized carbons (Fsp3) is 0.200. The minimum atomic E-state index is -0.392. The molecule has 0 amide bonds. The Labute approximate surface area is 136 Å². The average Bonchev–Trinajstić information content (AvgIpc) is 2.48. The predicted octanol–water partition coefficient (Wildman–Crippen LogP) is 5.27. The first kappa shape index (κ1) is 15.8. The third-order valence-corrected chi connectivity index (χ3v) is 5.18. The number of hydrogen-bond donors (Lipinski definition) is 1. The predicted molar refractivity (Wildman–Crippen MR) is 88.2 cm³/mol. The quantitative estimate of drug-likeness (QED) is 0.578. The second-order valence-corrected chi connectivity index (χ2v) is 6.31. The molecule has 2 aromatic carbocycles. The second kappa shape index (κ2) is 6.94. The number of benzene rings is 2. The molecule has 20 heavy (non-hydrogen) atoms. The molecule has 0 aliphatic heterocycles. The molecular weight excluding hydrogens is 361 g/mol. The van der Waals surface area contributed by atoms with Crippen LogP contribution in [0, 0.1) is 5.82 Å². The largest absolute Gasteiger partial charge is 0.309 e. The van der Waals surface area contributed by atoms with Crippen molar-refractivity contribution in [2.45, 2.75) is 10.9 Å². The van der Waals surface area contributed by atoms with Crippen molar-refractivity contribution in [1.82, 2.24) is 5.32 Å². The van der Waals surface area contributed by atoms with Crippen molar-refractivity contribution in [3.8, 4) is 0 Å². The lowest BCUT2D eigenvalue weighted by atomic mass is 9.98. The highest BCUT2D eigenvalue weighted by Crippen LogP contribution is 2.35. The van der Waals surface area contributed by atoms with E-state index in [-0.39, 0.29) is 11.1 Å². The molecule has 1 nitrogen and oxygen atoms in total. The Bertz CT molecular complexity index is 621. The summed E-state index contributed by atoms with van der Waals surface area (Å²) in [6, 6.07) is 11.3. The zero-order valence-electron chi connectivity index (χ0n) is 11.1. The molecule has 0 saturated carbocycles. The van der Waals surface area contributed by atoms with Crippen molar-refractivity contribution >= 4 is 39.3 Å². The third kappa shape index (κ3) is 3.03. The summed E-state index contributed by atoms with van der Waals surface area (Å²) >= 11 is 10.9. The van der Waals surface area contributed by atoms with Gasteiger partial charge in [-0.1, -0.05) is 35.9 Å². The van der Waals surface area contributed by atoms with Gasteiger partial charge in [-0.3, -0.25) is 0 Å². The number of hydrogen-bond acceptors (Lipinski definition) is 2. The first-order chi connectivity index (χ1) is 9.60. The van der Waals surface area contributed by atoms with Gasteiger partial charge in [0.25, 0.3) is 0 Å². The molecule has 0 fully saturated rings. The van der Waals surface area contributed by atoms with Crippen LogP contribution in [-0.4, -0.2) is 13.3 Å². The molecule has 1 N–H and O–H groups in total. The molecular formula is C15H14BrClFNS. The standard InChI is InChI=1S/C15H14BrClFNS/c1-19-15(9-5-3-4-6-12(9)20-2)10-7-8-11(16)13(17)14(10)18/h3-8,15,19H,1-2H3. The number of halogens is 3. The van der Waals surface area contributed by atoms with Crippen LogP contribution in [0.1, 0.15) is 17.2 Å². The second-order valence-electron chi connectivity index (χ2n) is 4.23. The van der Waals surface area contributed by atoms with Crippen LogP contribution >= 0.6 is 39.3 Å². The lowest BCUT2D eigenvalue weighted by Gasteiger charge is -2.21. The van der Waals surface area contributed by atoms with E-state index < -0.39 is 5.82 Å². The van der Waals surface area contributed by atoms with Gasteiger partial charge in [-0.2, -0.15) is 0 Å². The first-order valence-electron chi connectivity index (χ1n) is 6.03. The molecule has 5 heteroatoms. The zero-order valence-corrected chi connectivity index (χ0v) is 14.2. The third-order valence-electron chi connectivity index (χ3n) is 3.11. The summed E-state index contributed by atoms with van der Waals surface area (Å²) < 4.78 is 15.0. The Balaban J connectivity index is 2.56. The van der Waals surface area contributed by atoms with Crippen LogP contribution in [0.3, 0.4) is 0 Å². The number of thioether (sulfide) groups is 1. The highest BCUT2D eigenvalue weighted by atomic mass is 79.9. The van der Waals surface area contributed by atoms with Gasteiger partial charge in [0.15, 0.2) is 0 Å². The first-order valence-corrected chi connectivity index (χ1v) is 8.43. The molecule has 0 aliphatic carbocycles. The van der Waals surface area contributed by atoms with E-state index in [4.69, 9.17) is 11.6 Å². The molecule has 1 unspecified atom stereocenters. The van der Waals surface area contributed by atoms with Crippen LogP contribution in [0.15, 0.2) is 45.8 Å². The van der Waals surface area contributed by atoms with Gasteiger partial charge in [-0.25, -0.2) is 4.39 Å². The molecule has 0 radical (unpaired) electrons. The van der Waals surface area contributed by atoms with Crippen LogP contribution in [0.5, 0.6) is 0 Å². The maximum atomic E-state index is 14.4. The highest BCUT2D eigenvalue weighted by molar-refractivity contribution is 9.10. The van der Waals surface area contributed by atoms with Gasteiger partial charge in [0.05, 0.1) is 11.1 Å². The van der Waals surface area contributed by atoms with E-state index in [9.17, 15) is 4.39 Å². The summed E-state index contributed by atoms with van der Waals surface area (Å²) in [5.41, 5.74) is 1.59. The molecule has 0 spiro atoms. The smallest absolute Gasteiger partial charge is 0.148 e. The van der Waals surface area contributed by atoms with E-state index in [1.807, 2.05) is 37.6 Å². The van der Waals surface area contributed by atoms with E-state index in [1.54, 1.807) is 23.9 Å². The molecule has 0 saturated heterocycles. The molecule has 0 heterocycles. The van der Waals surface area contributed by atoms with Crippen LogP contribution in [-0.2, 0) is 0 Å². The van der Waals surface area contributed by atoms with Crippen LogP contribution in [0.25, 0.3) is 0 Å². The van der Waals surface area contributed by atoms with Crippen molar-refractivity contribution in [3.63, 3.8) is 0 Å². The van der Waals surface area contributed by atoms with E-state index >= 15 is 0 Å². The molecule has 0 aliphatic rings. The van der Waals surface area contributed by atoms with Gasteiger partial charge in [-0.05, 0) is 46.9 Å². The van der Waals surface area contributed by atoms with Gasteiger partial charge in [0, 0.05) is 14.9 Å². The summed E-state index contributed by atoms with van der Waals surface area (Å²) in [5.74, 6) is -0.392. The highest BCUT2D eigenvalue weighted by Gasteiger charge is 2.21. The van der Waals surface area contributed by atoms with Gasteiger partial charge < -0.3 is 5.32 Å². The van der Waals surface area contributed by atoms with Gasteiger partial charge in [0.2, 0.25) is 0 Å². The molecule has 0 aromatic heterocycles. The Kier molecular flexibility index (Phi) is 5.49. The fourth-order valence-corrected chi connectivity index (χ4v) is 3.26. The van der Waals surface area contributed by atoms with Crippen molar-refractivity contribution in [2.75, 3.05) is 13.3 Å². The maximum absolute atomic E-state index is 14.4. The Morgan fingerprint density at radius 3 is 2.55 bits per heavy atom. The minimum Gasteiger partial charge on any atom is -0.309 e. The van der Waals surface area contributed by atoms with E-state index in [1.165, 1.54) is 0 Å². The van der Waals surface area contributed by atoms with E-state index in [0.717, 1.165) is 10.5 Å². The average molecular weight is 375 g/mol. The van der Waals surface area contributed by atoms with E-state index in [0.29, 0.717) is 10.0 Å². The van der Waals surface area contributed by atoms with E-state index in [2.05, 4.69) is 21.2 Å². The SMILES string of the molecule is CNC(c1ccccc1SC)c1ccc(Br)c(Cl)c1F. The maximum Gasteiger partial charge on any atom is 0.148 e. The zero-order chi connectivity index (χ0) is 14.7. The van der Waals surface area contributed by atoms with Crippen LogP contribution < -0.4 is 5.32 Å². The van der Waals surface area contributed by atoms with Crippen molar-refractivity contribution < 1.29 is 4.39 Å². The summed E-state index contributed by atoms with van der Waals surface area (Å²) in [6.07, 6.45) is 2.01. The van der Waals surface area contributed by atoms with Crippen LogP contribution in [0.4, 0.5) is 4.39 Å². The van der Waals surface area contributed by atoms with Gasteiger partial charge >= 0.3 is 0 Å². The monoisotopic (exact) mass is 373 g/mol. The van der Waals surface area contributed by atoms with Gasteiger partial charge in [-0.15, -0.1) is 11.8 Å². The van der Waals surface area contributed by atoms with Crippen LogP contribution in [0.2, 0.25) is 5.02 Å².